The Morgan fingerprint density at radius 2 is 1.65 bits per heavy atom. The van der Waals surface area contributed by atoms with Crippen molar-refractivity contribution in [2.45, 2.75) is 39.5 Å². The highest BCUT2D eigenvalue weighted by Gasteiger charge is 2.34. The first-order chi connectivity index (χ1) is 20.5. The number of esters is 1. The summed E-state index contributed by atoms with van der Waals surface area (Å²) in [4.78, 5) is 36.6. The van der Waals surface area contributed by atoms with Crippen molar-refractivity contribution in [3.8, 4) is 22.9 Å². The molecule has 1 amide bonds. The summed E-state index contributed by atoms with van der Waals surface area (Å²) in [6, 6.07) is 15.1. The van der Waals surface area contributed by atoms with E-state index >= 15 is 0 Å². The van der Waals surface area contributed by atoms with Crippen LogP contribution >= 0.6 is 0 Å². The third-order valence-corrected chi connectivity index (χ3v) is 6.65. The van der Waals surface area contributed by atoms with Gasteiger partial charge in [0.2, 0.25) is 0 Å². The molecular weight excluding hydrogens is 558 g/mol. The molecule has 1 aliphatic rings. The lowest BCUT2D eigenvalue weighted by Crippen LogP contribution is -2.24. The van der Waals surface area contributed by atoms with E-state index < -0.39 is 28.8 Å². The molecule has 3 aromatic carbocycles. The summed E-state index contributed by atoms with van der Waals surface area (Å²) >= 11 is 0. The number of carbonyl (C=O) groups excluding carboxylic acids is 2. The van der Waals surface area contributed by atoms with E-state index in [-0.39, 0.29) is 36.2 Å². The number of ether oxygens (including phenoxy) is 3. The van der Waals surface area contributed by atoms with Crippen LogP contribution < -0.4 is 14.8 Å². The number of amides is 1. The SMILES string of the molecule is COc1ccc(CN2Cc3nc(-c4c(F)cccc4F)nc(Nc4ccc(C(=O)OC(C)(C)C)cc4)c3C2=O)c(OC)c1. The molecule has 0 aliphatic carbocycles. The maximum atomic E-state index is 14.8. The first-order valence-corrected chi connectivity index (χ1v) is 13.4. The Labute approximate surface area is 247 Å². The number of rotatable bonds is 8. The molecule has 0 fully saturated rings. The van der Waals surface area contributed by atoms with Crippen LogP contribution in [0.3, 0.4) is 0 Å². The van der Waals surface area contributed by atoms with Gasteiger partial charge in [-0.05, 0) is 69.3 Å². The number of nitrogens with one attached hydrogen (secondary N) is 1. The number of hydrogen-bond donors (Lipinski definition) is 1. The highest BCUT2D eigenvalue weighted by atomic mass is 19.1. The number of halogens is 2. The van der Waals surface area contributed by atoms with E-state index in [1.807, 2.05) is 0 Å². The molecule has 9 nitrogen and oxygen atoms in total. The van der Waals surface area contributed by atoms with E-state index in [2.05, 4.69) is 15.3 Å². The number of aromatic nitrogens is 2. The van der Waals surface area contributed by atoms with Gasteiger partial charge in [-0.15, -0.1) is 0 Å². The fraction of sp³-hybridized carbons (Fsp3) is 0.250. The van der Waals surface area contributed by atoms with E-state index in [4.69, 9.17) is 14.2 Å². The topological polar surface area (TPSA) is 103 Å². The van der Waals surface area contributed by atoms with Crippen molar-refractivity contribution < 1.29 is 32.6 Å². The third-order valence-electron chi connectivity index (χ3n) is 6.65. The first-order valence-electron chi connectivity index (χ1n) is 13.4. The minimum Gasteiger partial charge on any atom is -0.497 e. The lowest BCUT2D eigenvalue weighted by atomic mass is 10.1. The van der Waals surface area contributed by atoms with Crippen molar-refractivity contribution in [1.29, 1.82) is 0 Å². The molecule has 0 spiro atoms. The van der Waals surface area contributed by atoms with Gasteiger partial charge in [0.1, 0.15) is 40.1 Å². The van der Waals surface area contributed by atoms with Gasteiger partial charge in [0, 0.05) is 17.3 Å². The smallest absolute Gasteiger partial charge is 0.338 e. The zero-order valence-electron chi connectivity index (χ0n) is 24.3. The van der Waals surface area contributed by atoms with Crippen LogP contribution in [-0.4, -0.2) is 46.6 Å². The van der Waals surface area contributed by atoms with Gasteiger partial charge in [0.15, 0.2) is 5.82 Å². The predicted octanol–water partition coefficient (Wildman–Crippen LogP) is 6.29. The van der Waals surface area contributed by atoms with Crippen LogP contribution in [0.2, 0.25) is 0 Å². The molecule has 43 heavy (non-hydrogen) atoms. The van der Waals surface area contributed by atoms with Crippen LogP contribution in [0.15, 0.2) is 60.7 Å². The minimum absolute atomic E-state index is 0.0706. The van der Waals surface area contributed by atoms with Crippen LogP contribution in [-0.2, 0) is 17.8 Å². The van der Waals surface area contributed by atoms with Gasteiger partial charge >= 0.3 is 5.97 Å². The number of benzene rings is 3. The molecule has 0 unspecified atom stereocenters. The van der Waals surface area contributed by atoms with Crippen LogP contribution in [0.1, 0.15) is 52.7 Å². The van der Waals surface area contributed by atoms with Gasteiger partial charge in [-0.25, -0.2) is 23.5 Å². The Hall–Kier alpha value is -5.06. The molecule has 4 aromatic rings. The second-order valence-corrected chi connectivity index (χ2v) is 10.9. The zero-order chi connectivity index (χ0) is 30.9. The molecule has 2 heterocycles. The Bertz CT molecular complexity index is 1680. The maximum Gasteiger partial charge on any atom is 0.338 e. The average molecular weight is 589 g/mol. The predicted molar refractivity (Wildman–Crippen MR) is 155 cm³/mol. The lowest BCUT2D eigenvalue weighted by Gasteiger charge is -2.19. The second-order valence-electron chi connectivity index (χ2n) is 10.9. The maximum absolute atomic E-state index is 14.8. The highest BCUT2D eigenvalue weighted by molar-refractivity contribution is 6.03. The van der Waals surface area contributed by atoms with Crippen molar-refractivity contribution in [2.24, 2.45) is 0 Å². The summed E-state index contributed by atoms with van der Waals surface area (Å²) in [5.74, 6) is -1.54. The van der Waals surface area contributed by atoms with Crippen LogP contribution in [0.5, 0.6) is 11.5 Å². The van der Waals surface area contributed by atoms with E-state index in [1.165, 1.54) is 13.2 Å². The molecule has 5 rings (SSSR count). The summed E-state index contributed by atoms with van der Waals surface area (Å²) in [7, 11) is 3.07. The Balaban J connectivity index is 1.51. The molecule has 1 N–H and O–H groups in total. The number of nitrogens with zero attached hydrogens (tertiary/aromatic N) is 3. The van der Waals surface area contributed by atoms with Gasteiger partial charge in [-0.3, -0.25) is 4.79 Å². The molecule has 1 aliphatic heterocycles. The fourth-order valence-electron chi connectivity index (χ4n) is 4.65. The molecule has 11 heteroatoms. The second kappa shape index (κ2) is 11.7. The van der Waals surface area contributed by atoms with Crippen molar-refractivity contribution >= 4 is 23.4 Å². The Kier molecular flexibility index (Phi) is 7.99. The Morgan fingerprint density at radius 1 is 0.953 bits per heavy atom. The van der Waals surface area contributed by atoms with E-state index in [0.717, 1.165) is 17.7 Å². The largest absolute Gasteiger partial charge is 0.497 e. The number of methoxy groups -OCH3 is 2. The highest BCUT2D eigenvalue weighted by Crippen LogP contribution is 2.35. The van der Waals surface area contributed by atoms with Gasteiger partial charge in [-0.2, -0.15) is 0 Å². The summed E-state index contributed by atoms with van der Waals surface area (Å²) in [6.45, 7) is 5.57. The molecular formula is C32H30F2N4O5. The normalized spacial score (nSPS) is 12.6. The summed E-state index contributed by atoms with van der Waals surface area (Å²) < 4.78 is 45.7. The number of carbonyl (C=O) groups is 2. The minimum atomic E-state index is -0.836. The van der Waals surface area contributed by atoms with E-state index in [9.17, 15) is 18.4 Å². The Morgan fingerprint density at radius 3 is 2.28 bits per heavy atom. The molecule has 0 saturated heterocycles. The average Bonchev–Trinajstić information content (AvgIpc) is 3.27. The quantitative estimate of drug-likeness (QED) is 0.240. The summed E-state index contributed by atoms with van der Waals surface area (Å²) in [5, 5.41) is 3.08. The first kappa shape index (κ1) is 29.4. The van der Waals surface area contributed by atoms with Gasteiger partial charge in [0.25, 0.3) is 5.91 Å². The van der Waals surface area contributed by atoms with Crippen molar-refractivity contribution in [1.82, 2.24) is 14.9 Å². The van der Waals surface area contributed by atoms with Crippen LogP contribution in [0.4, 0.5) is 20.3 Å². The van der Waals surface area contributed by atoms with Crippen molar-refractivity contribution in [3.63, 3.8) is 0 Å². The van der Waals surface area contributed by atoms with E-state index in [0.29, 0.717) is 28.4 Å². The monoisotopic (exact) mass is 588 g/mol. The number of anilines is 2. The van der Waals surface area contributed by atoms with Crippen LogP contribution in [0, 0.1) is 11.6 Å². The van der Waals surface area contributed by atoms with Crippen molar-refractivity contribution in [2.75, 3.05) is 19.5 Å². The van der Waals surface area contributed by atoms with Gasteiger partial charge < -0.3 is 24.4 Å². The summed E-state index contributed by atoms with van der Waals surface area (Å²) in [6.07, 6.45) is 0. The molecule has 0 radical (unpaired) electrons. The lowest BCUT2D eigenvalue weighted by molar-refractivity contribution is 0.00694. The molecule has 1 aromatic heterocycles. The van der Waals surface area contributed by atoms with Crippen LogP contribution in [0.25, 0.3) is 11.4 Å². The van der Waals surface area contributed by atoms with Crippen molar-refractivity contribution in [3.05, 3.63) is 94.7 Å². The van der Waals surface area contributed by atoms with Gasteiger partial charge in [-0.1, -0.05) is 6.07 Å². The molecule has 0 bridgehead atoms. The number of fused-ring (bicyclic) bond motifs is 1. The molecule has 0 saturated carbocycles. The van der Waals surface area contributed by atoms with E-state index in [1.54, 1.807) is 75.2 Å². The standard InChI is InChI=1S/C32H30F2N4O5/c1-32(2,3)43-31(40)18-9-12-20(13-10-18)35-29-27-24(36-28(37-29)26-22(33)7-6-8-23(26)34)17-38(30(27)39)16-19-11-14-21(41-4)15-25(19)42-5/h6-15H,16-17H2,1-5H3,(H,35,36,37). The van der Waals surface area contributed by atoms with Gasteiger partial charge in [0.05, 0.1) is 44.1 Å². The number of hydrogen-bond acceptors (Lipinski definition) is 8. The third kappa shape index (κ3) is 6.25. The molecule has 222 valence electrons. The fourth-order valence-corrected chi connectivity index (χ4v) is 4.65. The molecule has 0 atom stereocenters. The zero-order valence-corrected chi connectivity index (χ0v) is 24.3. The summed E-state index contributed by atoms with van der Waals surface area (Å²) in [5.41, 5.74) is 0.953.